The molecule has 1 heterocycles. The number of anilines is 1. The first-order chi connectivity index (χ1) is 16.6. The van der Waals surface area contributed by atoms with E-state index in [1.54, 1.807) is 15.9 Å². The van der Waals surface area contributed by atoms with Gasteiger partial charge in [-0.25, -0.2) is 0 Å². The third kappa shape index (κ3) is 7.38. The number of amides is 2. The van der Waals surface area contributed by atoms with Crippen molar-refractivity contribution in [3.63, 3.8) is 0 Å². The first kappa shape index (κ1) is 25.9. The predicted octanol–water partition coefficient (Wildman–Crippen LogP) is 3.35. The summed E-state index contributed by atoms with van der Waals surface area (Å²) in [6.45, 7) is 2.70. The van der Waals surface area contributed by atoms with E-state index in [1.807, 2.05) is 42.5 Å². The molecule has 2 aromatic carbocycles. The number of ether oxygens (including phenoxy) is 1. The van der Waals surface area contributed by atoms with Gasteiger partial charge in [-0.05, 0) is 48.7 Å². The molecule has 0 bridgehead atoms. The lowest BCUT2D eigenvalue weighted by molar-refractivity contribution is -0.122. The second-order valence-electron chi connectivity index (χ2n) is 8.70. The van der Waals surface area contributed by atoms with E-state index in [1.165, 1.54) is 13.5 Å². The molecule has 0 aliphatic carbocycles. The molecule has 2 aromatic rings. The van der Waals surface area contributed by atoms with E-state index in [-0.39, 0.29) is 31.6 Å². The van der Waals surface area contributed by atoms with E-state index < -0.39 is 0 Å². The van der Waals surface area contributed by atoms with Crippen LogP contribution in [0.1, 0.15) is 53.6 Å². The molecule has 1 aliphatic rings. The second kappa shape index (κ2) is 13.8. The zero-order valence-electron chi connectivity index (χ0n) is 20.2. The van der Waals surface area contributed by atoms with Crippen LogP contribution in [0.5, 0.6) is 0 Å². The first-order valence-corrected chi connectivity index (χ1v) is 12.2. The van der Waals surface area contributed by atoms with Gasteiger partial charge in [0.15, 0.2) is 0 Å². The van der Waals surface area contributed by atoms with Crippen LogP contribution >= 0.6 is 0 Å². The number of aliphatic hydroxyl groups is 1. The summed E-state index contributed by atoms with van der Waals surface area (Å²) in [5.41, 5.74) is 3.30. The van der Waals surface area contributed by atoms with Crippen LogP contribution in [0.2, 0.25) is 0 Å². The predicted molar refractivity (Wildman–Crippen MR) is 134 cm³/mol. The van der Waals surface area contributed by atoms with Gasteiger partial charge in [0.2, 0.25) is 0 Å². The van der Waals surface area contributed by atoms with Crippen molar-refractivity contribution in [2.45, 2.75) is 45.2 Å². The fourth-order valence-corrected chi connectivity index (χ4v) is 4.34. The average Bonchev–Trinajstić information content (AvgIpc) is 2.84. The van der Waals surface area contributed by atoms with Crippen LogP contribution in [-0.2, 0) is 22.6 Å². The molecule has 2 N–H and O–H groups in total. The first-order valence-electron chi connectivity index (χ1n) is 12.2. The van der Waals surface area contributed by atoms with Crippen molar-refractivity contribution in [2.24, 2.45) is 0 Å². The summed E-state index contributed by atoms with van der Waals surface area (Å²) in [6.07, 6.45) is 5.46. The van der Waals surface area contributed by atoms with Gasteiger partial charge in [0, 0.05) is 44.5 Å². The third-order valence-corrected chi connectivity index (χ3v) is 6.11. The van der Waals surface area contributed by atoms with Crippen molar-refractivity contribution in [3.8, 4) is 0 Å². The molecule has 0 saturated heterocycles. The Morgan fingerprint density at radius 1 is 1.06 bits per heavy atom. The van der Waals surface area contributed by atoms with Crippen LogP contribution in [-0.4, -0.2) is 61.8 Å². The Morgan fingerprint density at radius 3 is 2.59 bits per heavy atom. The smallest absolute Gasteiger partial charge is 0.254 e. The Hall–Kier alpha value is -2.74. The molecule has 2 amide bonds. The van der Waals surface area contributed by atoms with Crippen LogP contribution in [0.15, 0.2) is 48.5 Å². The van der Waals surface area contributed by atoms with Gasteiger partial charge in [0.1, 0.15) is 6.61 Å². The summed E-state index contributed by atoms with van der Waals surface area (Å²) in [4.78, 5) is 29.7. The standard InChI is InChI=1S/C27H37N3O4/c1-34-21-26(32)30-15-9-4-2-3-8-14-28-19-24-18-23(12-13-25(24)30)27(33)29(16-17-31)20-22-10-6-5-7-11-22/h5-7,10-13,18,28,31H,2-4,8-9,14-17,19-21H2,1H3. The maximum absolute atomic E-state index is 13.4. The van der Waals surface area contributed by atoms with Gasteiger partial charge >= 0.3 is 0 Å². The number of aliphatic hydroxyl groups excluding tert-OH is 1. The number of benzene rings is 2. The molecule has 0 radical (unpaired) electrons. The number of nitrogens with zero attached hydrogens (tertiary/aromatic N) is 2. The van der Waals surface area contributed by atoms with E-state index in [9.17, 15) is 14.7 Å². The topological polar surface area (TPSA) is 82.1 Å². The highest BCUT2D eigenvalue weighted by molar-refractivity contribution is 5.98. The van der Waals surface area contributed by atoms with Gasteiger partial charge < -0.3 is 25.0 Å². The highest BCUT2D eigenvalue weighted by Gasteiger charge is 2.22. The van der Waals surface area contributed by atoms with E-state index in [2.05, 4.69) is 5.32 Å². The van der Waals surface area contributed by atoms with Crippen LogP contribution < -0.4 is 10.2 Å². The zero-order chi connectivity index (χ0) is 24.2. The van der Waals surface area contributed by atoms with Crippen LogP contribution in [0, 0.1) is 0 Å². The lowest BCUT2D eigenvalue weighted by Gasteiger charge is -2.27. The monoisotopic (exact) mass is 467 g/mol. The number of fused-ring (bicyclic) bond motifs is 1. The van der Waals surface area contributed by atoms with Crippen LogP contribution in [0.25, 0.3) is 0 Å². The summed E-state index contributed by atoms with van der Waals surface area (Å²) < 4.78 is 5.13. The normalized spacial score (nSPS) is 15.1. The molecule has 7 nitrogen and oxygen atoms in total. The van der Waals surface area contributed by atoms with Gasteiger partial charge in [-0.3, -0.25) is 9.59 Å². The van der Waals surface area contributed by atoms with Gasteiger partial charge in [-0.1, -0.05) is 49.6 Å². The van der Waals surface area contributed by atoms with Crippen molar-refractivity contribution in [1.29, 1.82) is 0 Å². The van der Waals surface area contributed by atoms with E-state index in [0.717, 1.165) is 49.0 Å². The third-order valence-electron chi connectivity index (χ3n) is 6.11. The fraction of sp³-hybridized carbons (Fsp3) is 0.481. The molecule has 1 aliphatic heterocycles. The van der Waals surface area contributed by atoms with Crippen LogP contribution in [0.3, 0.4) is 0 Å². The van der Waals surface area contributed by atoms with Gasteiger partial charge in [0.05, 0.1) is 6.61 Å². The second-order valence-corrected chi connectivity index (χ2v) is 8.70. The number of rotatable bonds is 7. The van der Waals surface area contributed by atoms with Crippen molar-refractivity contribution in [3.05, 3.63) is 65.2 Å². The Balaban J connectivity index is 1.90. The number of hydrogen-bond donors (Lipinski definition) is 2. The Kier molecular flexibility index (Phi) is 10.5. The van der Waals surface area contributed by atoms with Gasteiger partial charge in [-0.15, -0.1) is 0 Å². The minimum atomic E-state index is -0.137. The van der Waals surface area contributed by atoms with E-state index >= 15 is 0 Å². The summed E-state index contributed by atoms with van der Waals surface area (Å²) in [5, 5.41) is 13.0. The maximum atomic E-state index is 13.4. The summed E-state index contributed by atoms with van der Waals surface area (Å²) in [5.74, 6) is -0.215. The molecule has 0 saturated carbocycles. The summed E-state index contributed by atoms with van der Waals surface area (Å²) in [6, 6.07) is 15.3. The van der Waals surface area contributed by atoms with Crippen molar-refractivity contribution in [1.82, 2.24) is 10.2 Å². The quantitative estimate of drug-likeness (QED) is 0.653. The molecule has 0 fully saturated rings. The molecule has 0 aromatic heterocycles. The Bertz CT molecular complexity index is 919. The highest BCUT2D eigenvalue weighted by Crippen LogP contribution is 2.25. The highest BCUT2D eigenvalue weighted by atomic mass is 16.5. The van der Waals surface area contributed by atoms with Crippen molar-refractivity contribution in [2.75, 3.05) is 44.9 Å². The average molecular weight is 468 g/mol. The van der Waals surface area contributed by atoms with Crippen molar-refractivity contribution < 1.29 is 19.4 Å². The molecule has 3 rings (SSSR count). The molecule has 7 heteroatoms. The summed E-state index contributed by atoms with van der Waals surface area (Å²) in [7, 11) is 1.53. The molecule has 0 spiro atoms. The molecular weight excluding hydrogens is 430 g/mol. The molecular formula is C27H37N3O4. The summed E-state index contributed by atoms with van der Waals surface area (Å²) >= 11 is 0. The number of carbonyl (C=O) groups is 2. The number of nitrogens with one attached hydrogen (secondary N) is 1. The van der Waals surface area contributed by atoms with E-state index in [4.69, 9.17) is 4.74 Å². The lowest BCUT2D eigenvalue weighted by Crippen LogP contribution is -2.36. The maximum Gasteiger partial charge on any atom is 0.254 e. The zero-order valence-corrected chi connectivity index (χ0v) is 20.2. The molecule has 0 atom stereocenters. The largest absolute Gasteiger partial charge is 0.395 e. The minimum absolute atomic E-state index is 0.0227. The molecule has 34 heavy (non-hydrogen) atoms. The van der Waals surface area contributed by atoms with E-state index in [0.29, 0.717) is 25.2 Å². The Labute approximate surface area is 202 Å². The number of hydrogen-bond acceptors (Lipinski definition) is 5. The van der Waals surface area contributed by atoms with Crippen LogP contribution in [0.4, 0.5) is 5.69 Å². The van der Waals surface area contributed by atoms with Gasteiger partial charge in [-0.2, -0.15) is 0 Å². The number of methoxy groups -OCH3 is 1. The molecule has 0 unspecified atom stereocenters. The number of carbonyl (C=O) groups excluding carboxylic acids is 2. The fourth-order valence-electron chi connectivity index (χ4n) is 4.34. The lowest BCUT2D eigenvalue weighted by atomic mass is 10.0. The molecule has 184 valence electrons. The Morgan fingerprint density at radius 2 is 1.82 bits per heavy atom. The van der Waals surface area contributed by atoms with Gasteiger partial charge in [0.25, 0.3) is 11.8 Å². The van der Waals surface area contributed by atoms with Crippen molar-refractivity contribution >= 4 is 17.5 Å². The minimum Gasteiger partial charge on any atom is -0.395 e. The SMILES string of the molecule is COCC(=O)N1CCCCCCCNCc2cc(C(=O)N(CCO)Cc3ccccc3)ccc21.